The van der Waals surface area contributed by atoms with Gasteiger partial charge in [-0.2, -0.15) is 0 Å². The highest BCUT2D eigenvalue weighted by atomic mass is 15.3. The van der Waals surface area contributed by atoms with Crippen LogP contribution in [0.15, 0.2) is 17.6 Å². The Labute approximate surface area is 131 Å². The van der Waals surface area contributed by atoms with Gasteiger partial charge in [0.05, 0.1) is 0 Å². The monoisotopic (exact) mass is 294 g/mol. The van der Waals surface area contributed by atoms with Crippen LogP contribution in [0.4, 0.5) is 0 Å². The first-order valence-electron chi connectivity index (χ1n) is 8.46. The zero-order chi connectivity index (χ0) is 15.5. The second kappa shape index (κ2) is 10.7. The molecule has 0 aromatic carbocycles. The molecule has 0 amide bonds. The van der Waals surface area contributed by atoms with E-state index < -0.39 is 0 Å². The van der Waals surface area contributed by atoms with E-state index in [0.29, 0.717) is 0 Å². The van der Waals surface area contributed by atoms with E-state index in [1.807, 2.05) is 13.1 Å². The summed E-state index contributed by atoms with van der Waals surface area (Å²) in [6, 6.07) is 0. The number of nitrogens with one attached hydrogen (secondary N) is 1. The highest BCUT2D eigenvalue weighted by Gasteiger charge is 2.17. The van der Waals surface area contributed by atoms with E-state index in [0.717, 1.165) is 37.8 Å². The van der Waals surface area contributed by atoms with Crippen molar-refractivity contribution in [3.05, 3.63) is 12.7 Å². The van der Waals surface area contributed by atoms with Gasteiger partial charge in [-0.25, -0.2) is 0 Å². The summed E-state index contributed by atoms with van der Waals surface area (Å²) < 4.78 is 0. The molecule has 1 rings (SSSR count). The van der Waals surface area contributed by atoms with Crippen molar-refractivity contribution in [3.63, 3.8) is 0 Å². The van der Waals surface area contributed by atoms with E-state index in [4.69, 9.17) is 0 Å². The normalized spacial score (nSPS) is 17.8. The molecule has 0 aromatic heterocycles. The van der Waals surface area contributed by atoms with Crippen LogP contribution in [0.25, 0.3) is 0 Å². The van der Waals surface area contributed by atoms with Crippen LogP contribution in [-0.4, -0.2) is 62.6 Å². The van der Waals surface area contributed by atoms with Crippen LogP contribution in [0.3, 0.4) is 0 Å². The number of nitrogens with zero attached hydrogens (tertiary/aromatic N) is 3. The summed E-state index contributed by atoms with van der Waals surface area (Å²) in [5.41, 5.74) is 0. The van der Waals surface area contributed by atoms with Crippen LogP contribution in [-0.2, 0) is 0 Å². The Morgan fingerprint density at radius 2 is 2.14 bits per heavy atom. The third-order valence-corrected chi connectivity index (χ3v) is 4.47. The van der Waals surface area contributed by atoms with Crippen molar-refractivity contribution in [2.24, 2.45) is 10.9 Å². The van der Waals surface area contributed by atoms with E-state index in [-0.39, 0.29) is 0 Å². The van der Waals surface area contributed by atoms with Crippen LogP contribution >= 0.6 is 0 Å². The van der Waals surface area contributed by atoms with Crippen LogP contribution in [0.2, 0.25) is 0 Å². The summed E-state index contributed by atoms with van der Waals surface area (Å²) in [5.74, 6) is 1.90. The molecule has 21 heavy (non-hydrogen) atoms. The van der Waals surface area contributed by atoms with Crippen molar-refractivity contribution in [2.45, 2.75) is 39.0 Å². The Hall–Kier alpha value is -1.03. The maximum Gasteiger partial charge on any atom is 0.193 e. The van der Waals surface area contributed by atoms with Gasteiger partial charge in [-0.1, -0.05) is 13.0 Å². The molecule has 0 aliphatic carbocycles. The minimum Gasteiger partial charge on any atom is -0.356 e. The van der Waals surface area contributed by atoms with Gasteiger partial charge in [0.1, 0.15) is 0 Å². The van der Waals surface area contributed by atoms with E-state index in [1.54, 1.807) is 0 Å². The van der Waals surface area contributed by atoms with E-state index >= 15 is 0 Å². The maximum absolute atomic E-state index is 4.37. The second-order valence-corrected chi connectivity index (χ2v) is 5.99. The number of unbranched alkanes of at least 4 members (excludes halogenated alkanes) is 1. The lowest BCUT2D eigenvalue weighted by Crippen LogP contribution is -2.41. The lowest BCUT2D eigenvalue weighted by molar-refractivity contribution is 0.187. The molecule has 4 heteroatoms. The Bertz CT molecular complexity index is 306. The molecule has 1 aliphatic rings. The molecular weight excluding hydrogens is 260 g/mol. The van der Waals surface area contributed by atoms with Crippen molar-refractivity contribution in [3.8, 4) is 0 Å². The first-order chi connectivity index (χ1) is 10.2. The minimum absolute atomic E-state index is 0.879. The Morgan fingerprint density at radius 3 is 2.71 bits per heavy atom. The summed E-state index contributed by atoms with van der Waals surface area (Å²) in [4.78, 5) is 9.14. The van der Waals surface area contributed by atoms with Gasteiger partial charge >= 0.3 is 0 Å². The van der Waals surface area contributed by atoms with Gasteiger partial charge in [-0.15, -0.1) is 6.58 Å². The Balaban J connectivity index is 2.19. The molecule has 1 N–H and O–H groups in total. The zero-order valence-electron chi connectivity index (χ0n) is 14.3. The molecule has 0 aromatic rings. The molecule has 122 valence electrons. The maximum atomic E-state index is 4.37. The molecule has 1 aliphatic heterocycles. The second-order valence-electron chi connectivity index (χ2n) is 5.99. The predicted molar refractivity (Wildman–Crippen MR) is 92.9 cm³/mol. The van der Waals surface area contributed by atoms with Crippen LogP contribution in [0, 0.1) is 5.92 Å². The number of likely N-dealkylation sites (tertiary alicyclic amines) is 1. The quantitative estimate of drug-likeness (QED) is 0.323. The summed E-state index contributed by atoms with van der Waals surface area (Å²) in [7, 11) is 3.98. The summed E-state index contributed by atoms with van der Waals surface area (Å²) >= 11 is 0. The van der Waals surface area contributed by atoms with Gasteiger partial charge in [0, 0.05) is 27.2 Å². The van der Waals surface area contributed by atoms with Crippen LogP contribution in [0.1, 0.15) is 39.0 Å². The van der Waals surface area contributed by atoms with Gasteiger partial charge in [0.2, 0.25) is 0 Å². The Morgan fingerprint density at radius 1 is 1.43 bits per heavy atom. The average molecular weight is 294 g/mol. The largest absolute Gasteiger partial charge is 0.356 e. The summed E-state index contributed by atoms with van der Waals surface area (Å²) in [5, 5.41) is 3.51. The molecule has 0 unspecified atom stereocenters. The number of hydrogen-bond acceptors (Lipinski definition) is 2. The molecule has 1 saturated heterocycles. The average Bonchev–Trinajstić information content (AvgIpc) is 2.52. The predicted octanol–water partition coefficient (Wildman–Crippen LogP) is 2.58. The fourth-order valence-corrected chi connectivity index (χ4v) is 2.94. The van der Waals surface area contributed by atoms with Gasteiger partial charge in [-0.3, -0.25) is 4.99 Å². The fourth-order valence-electron chi connectivity index (χ4n) is 2.94. The number of rotatable bonds is 8. The standard InChI is InChI=1S/C17H34N4/c1-5-7-8-13-20(4)17(18-3)19-12-9-16-10-14-21(6-2)15-11-16/h5,16H,1,6-15H2,2-4H3,(H,18,19). The van der Waals surface area contributed by atoms with Crippen LogP contribution < -0.4 is 5.32 Å². The SMILES string of the molecule is C=CCCCN(C)C(=NC)NCCC1CCN(CC)CC1. The van der Waals surface area contributed by atoms with Gasteiger partial charge < -0.3 is 15.1 Å². The molecule has 0 saturated carbocycles. The highest BCUT2D eigenvalue weighted by Crippen LogP contribution is 2.19. The third kappa shape index (κ3) is 6.98. The molecule has 1 heterocycles. The van der Waals surface area contributed by atoms with Gasteiger partial charge in [-0.05, 0) is 57.7 Å². The molecule has 0 atom stereocenters. The van der Waals surface area contributed by atoms with Crippen molar-refractivity contribution in [1.29, 1.82) is 0 Å². The number of piperidine rings is 1. The van der Waals surface area contributed by atoms with E-state index in [9.17, 15) is 0 Å². The molecular formula is C17H34N4. The minimum atomic E-state index is 0.879. The van der Waals surface area contributed by atoms with Crippen molar-refractivity contribution in [1.82, 2.24) is 15.1 Å². The molecule has 0 bridgehead atoms. The van der Waals surface area contributed by atoms with Crippen molar-refractivity contribution in [2.75, 3.05) is 46.8 Å². The molecule has 0 spiro atoms. The van der Waals surface area contributed by atoms with Crippen LogP contribution in [0.5, 0.6) is 0 Å². The first-order valence-corrected chi connectivity index (χ1v) is 8.46. The number of hydrogen-bond donors (Lipinski definition) is 1. The van der Waals surface area contributed by atoms with Crippen molar-refractivity contribution >= 4 is 5.96 Å². The first kappa shape index (κ1) is 18.0. The molecule has 0 radical (unpaired) electrons. The number of guanidine groups is 1. The molecule has 4 nitrogen and oxygen atoms in total. The van der Waals surface area contributed by atoms with Gasteiger partial charge in [0.25, 0.3) is 0 Å². The number of allylic oxidation sites excluding steroid dienone is 1. The van der Waals surface area contributed by atoms with E-state index in [2.05, 4.69) is 40.7 Å². The fraction of sp³-hybridized carbons (Fsp3) is 0.824. The Kier molecular flexibility index (Phi) is 9.15. The lowest BCUT2D eigenvalue weighted by atomic mass is 9.93. The highest BCUT2D eigenvalue weighted by molar-refractivity contribution is 5.79. The smallest absolute Gasteiger partial charge is 0.193 e. The number of aliphatic imine (C=N–C) groups is 1. The zero-order valence-corrected chi connectivity index (χ0v) is 14.3. The topological polar surface area (TPSA) is 30.9 Å². The van der Waals surface area contributed by atoms with E-state index in [1.165, 1.54) is 38.9 Å². The van der Waals surface area contributed by atoms with Gasteiger partial charge in [0.15, 0.2) is 5.96 Å². The summed E-state index contributed by atoms with van der Waals surface area (Å²) in [6.07, 6.45) is 8.14. The van der Waals surface area contributed by atoms with Crippen molar-refractivity contribution < 1.29 is 0 Å². The third-order valence-electron chi connectivity index (χ3n) is 4.47. The molecule has 1 fully saturated rings. The lowest BCUT2D eigenvalue weighted by Gasteiger charge is -2.31. The summed E-state index contributed by atoms with van der Waals surface area (Å²) in [6.45, 7) is 11.8.